The van der Waals surface area contributed by atoms with Gasteiger partial charge in [0.15, 0.2) is 24.8 Å². The molecule has 0 amide bonds. The minimum absolute atomic E-state index is 1.09. The van der Waals surface area contributed by atoms with Gasteiger partial charge in [0.05, 0.1) is 0 Å². The zero-order chi connectivity index (χ0) is 41.8. The van der Waals surface area contributed by atoms with Crippen LogP contribution in [0.3, 0.4) is 0 Å². The number of aryl methyl sites for hydroxylation is 2. The van der Waals surface area contributed by atoms with Crippen molar-refractivity contribution >= 4 is 0 Å². The first kappa shape index (κ1) is 38.2. The van der Waals surface area contributed by atoms with Crippen LogP contribution in [-0.4, -0.2) is 4.98 Å². The minimum Gasteiger partial charge on any atom is -0.264 e. The molecule has 62 heavy (non-hydrogen) atoms. The second-order valence-electron chi connectivity index (χ2n) is 15.8. The third-order valence-electron chi connectivity index (χ3n) is 11.7. The Kier molecular flexibility index (Phi) is 10.4. The summed E-state index contributed by atoms with van der Waals surface area (Å²) in [5.41, 5.74) is 20.9. The van der Waals surface area contributed by atoms with Gasteiger partial charge in [-0.15, -0.1) is 0 Å². The number of benzene rings is 7. The molecule has 10 rings (SSSR count). The Morgan fingerprint density at radius 1 is 0.258 bits per heavy atom. The monoisotopic (exact) mass is 795 g/mol. The molecular weight excluding hydrogens is 751 g/mol. The Morgan fingerprint density at radius 3 is 0.839 bits per heavy atom. The van der Waals surface area contributed by atoms with Crippen LogP contribution in [0.5, 0.6) is 0 Å². The first-order valence-corrected chi connectivity index (χ1v) is 21.1. The van der Waals surface area contributed by atoms with E-state index in [-0.39, 0.29) is 0 Å². The van der Waals surface area contributed by atoms with E-state index < -0.39 is 0 Å². The van der Waals surface area contributed by atoms with E-state index in [0.717, 1.165) is 44.5 Å². The lowest BCUT2D eigenvalue weighted by atomic mass is 9.74. The first-order valence-electron chi connectivity index (χ1n) is 21.1. The standard InChI is InChI=1S/C59H45N3/c1-61-37-13-22-52(40-61)43-26-32-49(33-27-43)58-54(45-15-6-3-7-16-45)57(48-30-24-42(25-31-48)51-21-12-36-60-39-51)55(46-17-8-4-9-18-46)59(56(58)47-19-10-5-11-20-47)50-34-28-44(29-35-50)53-23-14-38-62(2)41-53/h3-41H,1-2H3/q+2. The molecule has 0 saturated heterocycles. The van der Waals surface area contributed by atoms with Crippen molar-refractivity contribution in [3.8, 4) is 100 Å². The summed E-state index contributed by atoms with van der Waals surface area (Å²) >= 11 is 0. The van der Waals surface area contributed by atoms with E-state index >= 15 is 0 Å². The molecule has 294 valence electrons. The molecule has 3 heteroatoms. The number of hydrogen-bond donors (Lipinski definition) is 0. The van der Waals surface area contributed by atoms with E-state index in [1.165, 1.54) is 55.6 Å². The number of nitrogens with zero attached hydrogens (tertiary/aromatic N) is 3. The lowest BCUT2D eigenvalue weighted by molar-refractivity contribution is -0.671. The summed E-state index contributed by atoms with van der Waals surface area (Å²) in [5.74, 6) is 0. The van der Waals surface area contributed by atoms with Gasteiger partial charge in [-0.2, -0.15) is 0 Å². The van der Waals surface area contributed by atoms with Crippen LogP contribution in [0.25, 0.3) is 100 Å². The largest absolute Gasteiger partial charge is 0.264 e. The molecule has 3 heterocycles. The lowest BCUT2D eigenvalue weighted by Crippen LogP contribution is -2.26. The molecule has 0 fully saturated rings. The predicted molar refractivity (Wildman–Crippen MR) is 256 cm³/mol. The smallest absolute Gasteiger partial charge is 0.176 e. The molecule has 10 aromatic rings. The fourth-order valence-corrected chi connectivity index (χ4v) is 8.84. The molecule has 0 aliphatic carbocycles. The Hall–Kier alpha value is -8.01. The fraction of sp³-hybridized carbons (Fsp3) is 0.0339. The Labute approximate surface area is 364 Å². The van der Waals surface area contributed by atoms with Gasteiger partial charge in [-0.1, -0.05) is 170 Å². The van der Waals surface area contributed by atoms with E-state index in [1.807, 2.05) is 18.5 Å². The van der Waals surface area contributed by atoms with E-state index in [4.69, 9.17) is 0 Å². The normalized spacial score (nSPS) is 11.1. The average Bonchev–Trinajstić information content (AvgIpc) is 3.34. The quantitative estimate of drug-likeness (QED) is 0.133. The molecule has 0 bridgehead atoms. The number of rotatable bonds is 9. The van der Waals surface area contributed by atoms with Crippen molar-refractivity contribution < 1.29 is 9.13 Å². The van der Waals surface area contributed by atoms with Crippen LogP contribution < -0.4 is 9.13 Å². The van der Waals surface area contributed by atoms with Gasteiger partial charge in [-0.25, -0.2) is 9.13 Å². The van der Waals surface area contributed by atoms with Crippen molar-refractivity contribution in [1.29, 1.82) is 0 Å². The van der Waals surface area contributed by atoms with Crippen LogP contribution >= 0.6 is 0 Å². The van der Waals surface area contributed by atoms with Crippen LogP contribution in [0.4, 0.5) is 0 Å². The Morgan fingerprint density at radius 2 is 0.532 bits per heavy atom. The molecule has 0 aliphatic rings. The molecule has 0 spiro atoms. The molecule has 0 aliphatic heterocycles. The Balaban J connectivity index is 1.36. The van der Waals surface area contributed by atoms with Crippen molar-refractivity contribution in [2.45, 2.75) is 0 Å². The van der Waals surface area contributed by atoms with E-state index in [9.17, 15) is 0 Å². The summed E-state index contributed by atoms with van der Waals surface area (Å²) < 4.78 is 4.21. The van der Waals surface area contributed by atoms with Gasteiger partial charge in [-0.3, -0.25) is 4.98 Å². The topological polar surface area (TPSA) is 20.6 Å². The summed E-state index contributed by atoms with van der Waals surface area (Å²) in [4.78, 5) is 4.44. The lowest BCUT2D eigenvalue weighted by Gasteiger charge is -2.29. The summed E-state index contributed by atoms with van der Waals surface area (Å²) in [6, 6.07) is 73.0. The highest BCUT2D eigenvalue weighted by molar-refractivity contribution is 6.15. The highest BCUT2D eigenvalue weighted by Gasteiger charge is 2.29. The van der Waals surface area contributed by atoms with Crippen LogP contribution in [0, 0.1) is 0 Å². The number of hydrogen-bond acceptors (Lipinski definition) is 1. The summed E-state index contributed by atoms with van der Waals surface area (Å²) in [6.45, 7) is 0. The van der Waals surface area contributed by atoms with Gasteiger partial charge in [0.2, 0.25) is 0 Å². The SMILES string of the molecule is C[n+]1cccc(-c2ccc(-c3c(-c4ccccc4)c(-c4ccc(-c5cccnc5)cc4)c(-c4ccccc4)c(-c4ccc(-c5ccc[n+](C)c5)cc4)c3-c3ccccc3)cc2)c1. The minimum atomic E-state index is 1.09. The van der Waals surface area contributed by atoms with Crippen LogP contribution in [0.1, 0.15) is 0 Å². The molecule has 0 atom stereocenters. The molecule has 0 saturated carbocycles. The maximum absolute atomic E-state index is 4.44. The van der Waals surface area contributed by atoms with Crippen molar-refractivity contribution in [1.82, 2.24) is 4.98 Å². The van der Waals surface area contributed by atoms with E-state index in [0.29, 0.717) is 0 Å². The van der Waals surface area contributed by atoms with Gasteiger partial charge in [0.1, 0.15) is 14.1 Å². The molecule has 0 unspecified atom stereocenters. The summed E-state index contributed by atoms with van der Waals surface area (Å²) in [7, 11) is 4.15. The third-order valence-corrected chi connectivity index (χ3v) is 11.7. The highest BCUT2D eigenvalue weighted by atomic mass is 14.9. The van der Waals surface area contributed by atoms with Crippen molar-refractivity contribution in [2.24, 2.45) is 14.1 Å². The molecule has 0 radical (unpaired) electrons. The number of aromatic nitrogens is 3. The van der Waals surface area contributed by atoms with E-state index in [2.05, 4.69) is 247 Å². The van der Waals surface area contributed by atoms with Gasteiger partial charge < -0.3 is 0 Å². The van der Waals surface area contributed by atoms with Crippen LogP contribution in [-0.2, 0) is 14.1 Å². The van der Waals surface area contributed by atoms with Crippen molar-refractivity contribution in [3.05, 3.63) is 237 Å². The molecule has 3 nitrogen and oxygen atoms in total. The summed E-state index contributed by atoms with van der Waals surface area (Å²) in [5, 5.41) is 0. The molecule has 0 N–H and O–H groups in total. The molecule has 7 aromatic carbocycles. The summed E-state index contributed by atoms with van der Waals surface area (Å²) in [6.07, 6.45) is 12.3. The van der Waals surface area contributed by atoms with Crippen LogP contribution in [0.2, 0.25) is 0 Å². The zero-order valence-corrected chi connectivity index (χ0v) is 34.9. The maximum Gasteiger partial charge on any atom is 0.176 e. The molecular formula is C59H45N3+2. The average molecular weight is 796 g/mol. The third kappa shape index (κ3) is 7.53. The second kappa shape index (κ2) is 16.9. The van der Waals surface area contributed by atoms with Gasteiger partial charge in [-0.05, 0) is 107 Å². The second-order valence-corrected chi connectivity index (χ2v) is 15.8. The zero-order valence-electron chi connectivity index (χ0n) is 34.9. The first-order chi connectivity index (χ1) is 30.6. The van der Waals surface area contributed by atoms with Crippen LogP contribution in [0.15, 0.2) is 237 Å². The maximum atomic E-state index is 4.44. The highest BCUT2D eigenvalue weighted by Crippen LogP contribution is 2.56. The fourth-order valence-electron chi connectivity index (χ4n) is 8.84. The number of pyridine rings is 3. The Bertz CT molecular complexity index is 2970. The predicted octanol–water partition coefficient (Wildman–Crippen LogP) is 13.7. The van der Waals surface area contributed by atoms with Gasteiger partial charge in [0, 0.05) is 35.7 Å². The molecule has 3 aromatic heterocycles. The van der Waals surface area contributed by atoms with E-state index in [1.54, 1.807) is 0 Å². The van der Waals surface area contributed by atoms with Gasteiger partial charge >= 0.3 is 0 Å². The van der Waals surface area contributed by atoms with Crippen molar-refractivity contribution in [3.63, 3.8) is 0 Å². The van der Waals surface area contributed by atoms with Crippen molar-refractivity contribution in [2.75, 3.05) is 0 Å². The van der Waals surface area contributed by atoms with Gasteiger partial charge in [0.25, 0.3) is 0 Å².